The van der Waals surface area contributed by atoms with Gasteiger partial charge in [0.25, 0.3) is 0 Å². The summed E-state index contributed by atoms with van der Waals surface area (Å²) < 4.78 is 41.7. The maximum absolute atomic E-state index is 11.8. The van der Waals surface area contributed by atoms with Gasteiger partial charge >= 0.3 is 6.18 Å². The van der Waals surface area contributed by atoms with Crippen molar-refractivity contribution >= 4 is 22.6 Å². The van der Waals surface area contributed by atoms with Crippen molar-refractivity contribution in [3.8, 4) is 5.75 Å². The van der Waals surface area contributed by atoms with Crippen LogP contribution < -0.4 is 4.74 Å². The standard InChI is InChI=1S/C12H12F3IO/c13-12(14,15)7-2-1-3-8-17-11-6-4-5-10(16)9-11/h2,4-7,9H,1,3,8H2/b7-2+. The molecule has 1 nitrogen and oxygen atoms in total. The van der Waals surface area contributed by atoms with Crippen LogP contribution in [0, 0.1) is 3.57 Å². The monoisotopic (exact) mass is 356 g/mol. The summed E-state index contributed by atoms with van der Waals surface area (Å²) >= 11 is 2.17. The first-order chi connectivity index (χ1) is 7.97. The van der Waals surface area contributed by atoms with Gasteiger partial charge in [-0.15, -0.1) is 0 Å². The number of hydrogen-bond acceptors (Lipinski definition) is 1. The zero-order valence-electron chi connectivity index (χ0n) is 9.01. The highest BCUT2D eigenvalue weighted by Crippen LogP contribution is 2.17. The number of halogens is 4. The fourth-order valence-electron chi connectivity index (χ4n) is 1.16. The van der Waals surface area contributed by atoms with E-state index in [2.05, 4.69) is 22.6 Å². The van der Waals surface area contributed by atoms with E-state index in [0.29, 0.717) is 19.4 Å². The molecule has 1 rings (SSSR count). The molecule has 0 atom stereocenters. The van der Waals surface area contributed by atoms with Crippen molar-refractivity contribution in [1.29, 1.82) is 0 Å². The Balaban J connectivity index is 2.19. The molecule has 0 fully saturated rings. The topological polar surface area (TPSA) is 9.23 Å². The lowest BCUT2D eigenvalue weighted by atomic mass is 10.3. The third-order valence-corrected chi connectivity index (χ3v) is 2.56. The zero-order valence-corrected chi connectivity index (χ0v) is 11.2. The van der Waals surface area contributed by atoms with E-state index in [0.717, 1.165) is 15.4 Å². The minimum Gasteiger partial charge on any atom is -0.494 e. The van der Waals surface area contributed by atoms with Gasteiger partial charge in [0, 0.05) is 9.65 Å². The molecule has 0 radical (unpaired) electrons. The summed E-state index contributed by atoms with van der Waals surface area (Å²) in [6.45, 7) is 0.419. The number of hydrogen-bond donors (Lipinski definition) is 0. The zero-order chi connectivity index (χ0) is 12.7. The molecule has 5 heteroatoms. The van der Waals surface area contributed by atoms with E-state index >= 15 is 0 Å². The second-order valence-corrected chi connectivity index (χ2v) is 4.64. The van der Waals surface area contributed by atoms with Crippen LogP contribution in [0.1, 0.15) is 12.8 Å². The molecule has 0 aliphatic heterocycles. The van der Waals surface area contributed by atoms with Gasteiger partial charge < -0.3 is 4.74 Å². The van der Waals surface area contributed by atoms with E-state index in [1.165, 1.54) is 0 Å². The van der Waals surface area contributed by atoms with Crippen molar-refractivity contribution in [2.24, 2.45) is 0 Å². The van der Waals surface area contributed by atoms with Crippen molar-refractivity contribution in [1.82, 2.24) is 0 Å². The lowest BCUT2D eigenvalue weighted by Gasteiger charge is -2.05. The highest BCUT2D eigenvalue weighted by atomic mass is 127. The number of allylic oxidation sites excluding steroid dienone is 2. The average Bonchev–Trinajstić information content (AvgIpc) is 2.22. The molecule has 0 aliphatic rings. The van der Waals surface area contributed by atoms with Gasteiger partial charge in [-0.05, 0) is 53.6 Å². The van der Waals surface area contributed by atoms with E-state index < -0.39 is 6.18 Å². The molecule has 0 heterocycles. The fourth-order valence-corrected chi connectivity index (χ4v) is 1.68. The van der Waals surface area contributed by atoms with E-state index in [9.17, 15) is 13.2 Å². The van der Waals surface area contributed by atoms with Crippen LogP contribution in [0.2, 0.25) is 0 Å². The Hall–Kier alpha value is -0.720. The second kappa shape index (κ2) is 6.88. The van der Waals surface area contributed by atoms with Crippen LogP contribution in [0.25, 0.3) is 0 Å². The van der Waals surface area contributed by atoms with Crippen LogP contribution in [0.4, 0.5) is 13.2 Å². The molecule has 1 aromatic carbocycles. The molecular weight excluding hydrogens is 344 g/mol. The van der Waals surface area contributed by atoms with E-state index in [4.69, 9.17) is 4.74 Å². The summed E-state index contributed by atoms with van der Waals surface area (Å²) in [6, 6.07) is 7.53. The largest absolute Gasteiger partial charge is 0.494 e. The molecular formula is C12H12F3IO. The molecule has 17 heavy (non-hydrogen) atoms. The van der Waals surface area contributed by atoms with Crippen molar-refractivity contribution in [3.05, 3.63) is 40.0 Å². The van der Waals surface area contributed by atoms with E-state index in [1.807, 2.05) is 24.3 Å². The van der Waals surface area contributed by atoms with Crippen molar-refractivity contribution in [2.75, 3.05) is 6.61 Å². The van der Waals surface area contributed by atoms with Gasteiger partial charge in [0.05, 0.1) is 6.61 Å². The van der Waals surface area contributed by atoms with Crippen molar-refractivity contribution in [3.63, 3.8) is 0 Å². The number of alkyl halides is 3. The predicted molar refractivity (Wildman–Crippen MR) is 69.1 cm³/mol. The Labute approximate surface area is 112 Å². The first-order valence-corrected chi connectivity index (χ1v) is 6.18. The van der Waals surface area contributed by atoms with Crippen LogP contribution in [-0.2, 0) is 0 Å². The fraction of sp³-hybridized carbons (Fsp3) is 0.333. The number of unbranched alkanes of at least 4 members (excludes halogenated alkanes) is 1. The van der Waals surface area contributed by atoms with Gasteiger partial charge in [0.2, 0.25) is 0 Å². The number of benzene rings is 1. The molecule has 0 saturated carbocycles. The Morgan fingerprint density at radius 2 is 2.06 bits per heavy atom. The Bertz CT molecular complexity index is 374. The highest BCUT2D eigenvalue weighted by Gasteiger charge is 2.21. The maximum Gasteiger partial charge on any atom is 0.409 e. The maximum atomic E-state index is 11.8. The van der Waals surface area contributed by atoms with Crippen LogP contribution in [-0.4, -0.2) is 12.8 Å². The first-order valence-electron chi connectivity index (χ1n) is 5.10. The van der Waals surface area contributed by atoms with Crippen LogP contribution in [0.5, 0.6) is 5.75 Å². The molecule has 0 amide bonds. The van der Waals surface area contributed by atoms with Crippen molar-refractivity contribution < 1.29 is 17.9 Å². The Morgan fingerprint density at radius 3 is 2.71 bits per heavy atom. The van der Waals surface area contributed by atoms with Gasteiger partial charge in [0.15, 0.2) is 0 Å². The quantitative estimate of drug-likeness (QED) is 0.427. The molecule has 0 N–H and O–H groups in total. The number of ether oxygens (including phenoxy) is 1. The normalized spacial score (nSPS) is 12.0. The average molecular weight is 356 g/mol. The molecule has 0 aromatic heterocycles. The van der Waals surface area contributed by atoms with E-state index in [-0.39, 0.29) is 6.08 Å². The summed E-state index contributed by atoms with van der Waals surface area (Å²) in [5.74, 6) is 0.747. The molecule has 0 bridgehead atoms. The summed E-state index contributed by atoms with van der Waals surface area (Å²) in [6.07, 6.45) is -1.89. The number of rotatable bonds is 5. The third kappa shape index (κ3) is 7.25. The smallest absolute Gasteiger partial charge is 0.409 e. The van der Waals surface area contributed by atoms with Gasteiger partial charge in [-0.1, -0.05) is 12.1 Å². The molecule has 0 unspecified atom stereocenters. The van der Waals surface area contributed by atoms with Gasteiger partial charge in [0.1, 0.15) is 5.75 Å². The second-order valence-electron chi connectivity index (χ2n) is 3.39. The van der Waals surface area contributed by atoms with Gasteiger partial charge in [-0.25, -0.2) is 0 Å². The first kappa shape index (κ1) is 14.3. The summed E-state index contributed by atoms with van der Waals surface area (Å²) in [7, 11) is 0. The van der Waals surface area contributed by atoms with Crippen molar-refractivity contribution in [2.45, 2.75) is 19.0 Å². The lowest BCUT2D eigenvalue weighted by Crippen LogP contribution is -2.01. The molecule has 1 aromatic rings. The Kier molecular flexibility index (Phi) is 5.80. The lowest BCUT2D eigenvalue weighted by molar-refractivity contribution is -0.0800. The molecule has 0 spiro atoms. The van der Waals surface area contributed by atoms with Crippen LogP contribution >= 0.6 is 22.6 Å². The Morgan fingerprint density at radius 1 is 1.29 bits per heavy atom. The summed E-state index contributed by atoms with van der Waals surface area (Å²) in [5.41, 5.74) is 0. The molecule has 0 aliphatic carbocycles. The summed E-state index contributed by atoms with van der Waals surface area (Å²) in [5, 5.41) is 0. The third-order valence-electron chi connectivity index (χ3n) is 1.89. The highest BCUT2D eigenvalue weighted by molar-refractivity contribution is 14.1. The minimum absolute atomic E-state index is 0.262. The van der Waals surface area contributed by atoms with Gasteiger partial charge in [-0.2, -0.15) is 13.2 Å². The van der Waals surface area contributed by atoms with E-state index in [1.54, 1.807) is 0 Å². The van der Waals surface area contributed by atoms with Crippen LogP contribution in [0.3, 0.4) is 0 Å². The summed E-state index contributed by atoms with van der Waals surface area (Å²) in [4.78, 5) is 0. The minimum atomic E-state index is -4.21. The van der Waals surface area contributed by atoms with Gasteiger partial charge in [-0.3, -0.25) is 0 Å². The predicted octanol–water partition coefficient (Wildman–Crippen LogP) is 4.57. The molecule has 94 valence electrons. The van der Waals surface area contributed by atoms with Crippen LogP contribution in [0.15, 0.2) is 36.4 Å². The molecule has 0 saturated heterocycles. The SMILES string of the molecule is FC(F)(F)/C=C/CCCOc1cccc(I)c1.